The number of hydrogen-bond donors (Lipinski definition) is 2. The number of aromatic amines is 1. The van der Waals surface area contributed by atoms with Crippen molar-refractivity contribution >= 4 is 23.1 Å². The molecule has 1 fully saturated rings. The molecule has 0 aliphatic carbocycles. The van der Waals surface area contributed by atoms with Gasteiger partial charge in [-0.15, -0.1) is 0 Å². The van der Waals surface area contributed by atoms with Crippen LogP contribution in [-0.2, 0) is 10.2 Å². The number of hydrogen-bond acceptors (Lipinski definition) is 2. The van der Waals surface area contributed by atoms with E-state index in [1.807, 2.05) is 6.08 Å². The second-order valence-electron chi connectivity index (χ2n) is 7.67. The van der Waals surface area contributed by atoms with Crippen molar-refractivity contribution in [1.82, 2.24) is 10.3 Å². The number of aromatic nitrogens is 1. The monoisotopic (exact) mass is 370 g/mol. The molecule has 1 aromatic heterocycles. The Labute approximate surface area is 158 Å². The number of amides is 1. The van der Waals surface area contributed by atoms with Crippen LogP contribution in [0.2, 0.25) is 5.02 Å². The standard InChI is InChI=1S/C21H23ClN2O2/c1-21(2,3)14-6-4-13(5-7-14)16(12-15-8-11-19(25)23-15)18-10-9-17(22)20(26)24-18/h4-7,9-10,12,15H,8,11H2,1-3H3,(H,23,25)(H,24,26)/b16-12-/t15-/m0/s1. The summed E-state index contributed by atoms with van der Waals surface area (Å²) in [6, 6.07) is 11.7. The highest BCUT2D eigenvalue weighted by atomic mass is 35.5. The molecule has 3 rings (SSSR count). The summed E-state index contributed by atoms with van der Waals surface area (Å²) in [6.07, 6.45) is 3.28. The van der Waals surface area contributed by atoms with E-state index in [-0.39, 0.29) is 27.9 Å². The van der Waals surface area contributed by atoms with Gasteiger partial charge in [-0.3, -0.25) is 9.59 Å². The van der Waals surface area contributed by atoms with Crippen molar-refractivity contribution in [3.63, 3.8) is 0 Å². The van der Waals surface area contributed by atoms with Crippen molar-refractivity contribution in [2.45, 2.75) is 45.1 Å². The van der Waals surface area contributed by atoms with E-state index in [0.717, 1.165) is 17.6 Å². The summed E-state index contributed by atoms with van der Waals surface area (Å²) in [5, 5.41) is 3.11. The molecule has 1 aliphatic rings. The Morgan fingerprint density at radius 3 is 2.35 bits per heavy atom. The summed E-state index contributed by atoms with van der Waals surface area (Å²) in [5.41, 5.74) is 3.53. The summed E-state index contributed by atoms with van der Waals surface area (Å²) >= 11 is 5.87. The normalized spacial score (nSPS) is 18.1. The molecule has 5 heteroatoms. The van der Waals surface area contributed by atoms with E-state index < -0.39 is 0 Å². The van der Waals surface area contributed by atoms with Gasteiger partial charge in [-0.25, -0.2) is 0 Å². The molecule has 1 amide bonds. The Morgan fingerprint density at radius 1 is 1.12 bits per heavy atom. The molecule has 2 aromatic rings. The number of halogens is 1. The first kappa shape index (κ1) is 18.5. The number of rotatable bonds is 3. The lowest BCUT2D eigenvalue weighted by Crippen LogP contribution is -2.23. The third-order valence-corrected chi connectivity index (χ3v) is 4.91. The van der Waals surface area contributed by atoms with Crippen LogP contribution in [0, 0.1) is 0 Å². The maximum absolute atomic E-state index is 12.0. The van der Waals surface area contributed by atoms with E-state index in [9.17, 15) is 9.59 Å². The second kappa shape index (κ2) is 7.12. The fraction of sp³-hybridized carbons (Fsp3) is 0.333. The molecule has 1 atom stereocenters. The summed E-state index contributed by atoms with van der Waals surface area (Å²) in [7, 11) is 0. The van der Waals surface area contributed by atoms with Gasteiger partial charge in [-0.1, -0.05) is 62.7 Å². The zero-order valence-electron chi connectivity index (χ0n) is 15.2. The van der Waals surface area contributed by atoms with Gasteiger partial charge in [-0.2, -0.15) is 0 Å². The summed E-state index contributed by atoms with van der Waals surface area (Å²) in [4.78, 5) is 26.3. The minimum atomic E-state index is -0.322. The van der Waals surface area contributed by atoms with Gasteiger partial charge >= 0.3 is 0 Å². The molecule has 2 N–H and O–H groups in total. The largest absolute Gasteiger partial charge is 0.350 e. The first-order valence-corrected chi connectivity index (χ1v) is 9.13. The maximum atomic E-state index is 12.0. The van der Waals surface area contributed by atoms with Crippen molar-refractivity contribution in [1.29, 1.82) is 0 Å². The first-order chi connectivity index (χ1) is 12.2. The van der Waals surface area contributed by atoms with Crippen LogP contribution in [0.1, 0.15) is 50.4 Å². The van der Waals surface area contributed by atoms with Crippen molar-refractivity contribution in [3.05, 3.63) is 74.7 Å². The van der Waals surface area contributed by atoms with Gasteiger partial charge in [-0.05, 0) is 35.1 Å². The Morgan fingerprint density at radius 2 is 1.81 bits per heavy atom. The highest BCUT2D eigenvalue weighted by Gasteiger charge is 2.21. The van der Waals surface area contributed by atoms with Crippen molar-refractivity contribution < 1.29 is 4.79 Å². The zero-order valence-corrected chi connectivity index (χ0v) is 16.0. The lowest BCUT2D eigenvalue weighted by Gasteiger charge is -2.20. The van der Waals surface area contributed by atoms with Crippen LogP contribution in [0.15, 0.2) is 47.3 Å². The number of carbonyl (C=O) groups excluding carboxylic acids is 1. The minimum absolute atomic E-state index is 0.0426. The first-order valence-electron chi connectivity index (χ1n) is 8.75. The summed E-state index contributed by atoms with van der Waals surface area (Å²) < 4.78 is 0. The Balaban J connectivity index is 2.05. The number of benzene rings is 1. The van der Waals surface area contributed by atoms with Crippen LogP contribution in [0.4, 0.5) is 0 Å². The molecule has 0 radical (unpaired) electrons. The van der Waals surface area contributed by atoms with E-state index in [1.54, 1.807) is 12.1 Å². The molecule has 1 saturated heterocycles. The van der Waals surface area contributed by atoms with E-state index in [1.165, 1.54) is 5.56 Å². The lowest BCUT2D eigenvalue weighted by molar-refractivity contribution is -0.119. The Kier molecular flexibility index (Phi) is 5.05. The molecule has 4 nitrogen and oxygen atoms in total. The van der Waals surface area contributed by atoms with Crippen molar-refractivity contribution in [2.75, 3.05) is 0 Å². The predicted octanol–water partition coefficient (Wildman–Crippen LogP) is 4.04. The molecule has 0 saturated carbocycles. The molecule has 136 valence electrons. The number of nitrogens with one attached hydrogen (secondary N) is 2. The van der Waals surface area contributed by atoms with E-state index in [4.69, 9.17) is 11.6 Å². The summed E-state index contributed by atoms with van der Waals surface area (Å²) in [6.45, 7) is 6.51. The molecule has 0 bridgehead atoms. The molecule has 0 unspecified atom stereocenters. The van der Waals surface area contributed by atoms with Crippen LogP contribution < -0.4 is 10.9 Å². The van der Waals surface area contributed by atoms with Crippen LogP contribution in [0.5, 0.6) is 0 Å². The number of H-pyrrole nitrogens is 1. The smallest absolute Gasteiger partial charge is 0.267 e. The molecule has 1 aliphatic heterocycles. The van der Waals surface area contributed by atoms with Gasteiger partial charge in [0.15, 0.2) is 0 Å². The molecule has 26 heavy (non-hydrogen) atoms. The van der Waals surface area contributed by atoms with E-state index >= 15 is 0 Å². The average Bonchev–Trinajstić information content (AvgIpc) is 3.00. The SMILES string of the molecule is CC(C)(C)c1ccc(/C(=C/[C@@H]2CCC(=O)N2)c2ccc(Cl)c(=O)[nH]2)cc1. The van der Waals surface area contributed by atoms with Crippen LogP contribution >= 0.6 is 11.6 Å². The highest BCUT2D eigenvalue weighted by Crippen LogP contribution is 2.28. The summed E-state index contributed by atoms with van der Waals surface area (Å²) in [5.74, 6) is 0.0540. The van der Waals surface area contributed by atoms with Crippen LogP contribution in [-0.4, -0.2) is 16.9 Å². The number of carbonyl (C=O) groups is 1. The molecule has 0 spiro atoms. The van der Waals surface area contributed by atoms with E-state index in [2.05, 4.69) is 55.3 Å². The zero-order chi connectivity index (χ0) is 18.9. The van der Waals surface area contributed by atoms with Gasteiger partial charge in [0.1, 0.15) is 5.02 Å². The number of pyridine rings is 1. The second-order valence-corrected chi connectivity index (χ2v) is 8.08. The molecule has 2 heterocycles. The van der Waals surface area contributed by atoms with Crippen LogP contribution in [0.25, 0.3) is 5.57 Å². The molecule has 1 aromatic carbocycles. The van der Waals surface area contributed by atoms with Crippen molar-refractivity contribution in [2.24, 2.45) is 0 Å². The third kappa shape index (κ3) is 4.07. The quantitative estimate of drug-likeness (QED) is 0.856. The lowest BCUT2D eigenvalue weighted by atomic mass is 9.86. The van der Waals surface area contributed by atoms with Crippen molar-refractivity contribution in [3.8, 4) is 0 Å². The van der Waals surface area contributed by atoms with Crippen LogP contribution in [0.3, 0.4) is 0 Å². The van der Waals surface area contributed by atoms with Gasteiger partial charge in [0, 0.05) is 23.7 Å². The molecular formula is C21H23ClN2O2. The fourth-order valence-electron chi connectivity index (χ4n) is 3.07. The average molecular weight is 371 g/mol. The van der Waals surface area contributed by atoms with E-state index in [0.29, 0.717) is 12.1 Å². The van der Waals surface area contributed by atoms with Gasteiger partial charge in [0.05, 0.1) is 0 Å². The third-order valence-electron chi connectivity index (χ3n) is 4.61. The maximum Gasteiger partial charge on any atom is 0.267 e. The van der Waals surface area contributed by atoms with Gasteiger partial charge < -0.3 is 10.3 Å². The predicted molar refractivity (Wildman–Crippen MR) is 105 cm³/mol. The fourth-order valence-corrected chi connectivity index (χ4v) is 3.18. The highest BCUT2D eigenvalue weighted by molar-refractivity contribution is 6.30. The molecular weight excluding hydrogens is 348 g/mol. The Hall–Kier alpha value is -2.33. The van der Waals surface area contributed by atoms with Gasteiger partial charge in [0.25, 0.3) is 5.56 Å². The topological polar surface area (TPSA) is 62.0 Å². The Bertz CT molecular complexity index is 905. The van der Waals surface area contributed by atoms with Gasteiger partial charge in [0.2, 0.25) is 5.91 Å². The minimum Gasteiger partial charge on any atom is -0.350 e.